The Bertz CT molecular complexity index is 214. The third kappa shape index (κ3) is 6.90. The van der Waals surface area contributed by atoms with Crippen molar-refractivity contribution in [3.05, 3.63) is 0 Å². The summed E-state index contributed by atoms with van der Waals surface area (Å²) >= 11 is 0. The normalized spacial score (nSPS) is 14.3. The Labute approximate surface area is 89.0 Å². The molecule has 2 unspecified atom stereocenters. The van der Waals surface area contributed by atoms with Crippen LogP contribution in [0.15, 0.2) is 0 Å². The molecule has 2 atom stereocenters. The number of aliphatic carboxylic acids is 1. The number of carbonyl (C=O) groups excluding carboxylic acids is 1. The average molecular weight is 218 g/mol. The van der Waals surface area contributed by atoms with Crippen LogP contribution in [0.2, 0.25) is 0 Å². The molecule has 2 N–H and O–H groups in total. The molecule has 0 aliphatic rings. The molecule has 0 rings (SSSR count). The summed E-state index contributed by atoms with van der Waals surface area (Å²) in [5.74, 6) is -2.04. The molecule has 0 spiro atoms. The van der Waals surface area contributed by atoms with Crippen LogP contribution in [-0.2, 0) is 14.3 Å². The van der Waals surface area contributed by atoms with Gasteiger partial charge in [0.1, 0.15) is 0 Å². The molecule has 15 heavy (non-hydrogen) atoms. The Balaban J connectivity index is 3.69. The SMILES string of the molecule is CC(CO)CCOC(=O)C(C)CC(=O)O. The predicted octanol–water partition coefficient (Wildman–Crippen LogP) is 0.659. The van der Waals surface area contributed by atoms with E-state index in [2.05, 4.69) is 0 Å². The summed E-state index contributed by atoms with van der Waals surface area (Å²) in [5.41, 5.74) is 0. The largest absolute Gasteiger partial charge is 0.481 e. The van der Waals surface area contributed by atoms with Crippen LogP contribution in [0.4, 0.5) is 0 Å². The van der Waals surface area contributed by atoms with E-state index in [1.54, 1.807) is 0 Å². The van der Waals surface area contributed by atoms with Gasteiger partial charge in [-0.15, -0.1) is 0 Å². The summed E-state index contributed by atoms with van der Waals surface area (Å²) in [6.45, 7) is 3.65. The van der Waals surface area contributed by atoms with E-state index >= 15 is 0 Å². The summed E-state index contributed by atoms with van der Waals surface area (Å²) in [6.07, 6.45) is 0.371. The minimum Gasteiger partial charge on any atom is -0.481 e. The molecule has 0 aromatic carbocycles. The minimum atomic E-state index is -1.01. The summed E-state index contributed by atoms with van der Waals surface area (Å²) in [4.78, 5) is 21.5. The first-order valence-corrected chi connectivity index (χ1v) is 4.96. The molecule has 0 radical (unpaired) electrons. The summed E-state index contributed by atoms with van der Waals surface area (Å²) in [6, 6.07) is 0. The number of aliphatic hydroxyl groups is 1. The monoisotopic (exact) mass is 218 g/mol. The lowest BCUT2D eigenvalue weighted by molar-refractivity contribution is -0.152. The van der Waals surface area contributed by atoms with Gasteiger partial charge in [0.25, 0.3) is 0 Å². The van der Waals surface area contributed by atoms with Crippen LogP contribution in [0.25, 0.3) is 0 Å². The first kappa shape index (κ1) is 13.9. The van der Waals surface area contributed by atoms with Crippen LogP contribution in [0.5, 0.6) is 0 Å². The molecule has 0 aliphatic heterocycles. The first-order chi connectivity index (χ1) is 6.97. The highest BCUT2D eigenvalue weighted by molar-refractivity contribution is 5.78. The predicted molar refractivity (Wildman–Crippen MR) is 53.2 cm³/mol. The van der Waals surface area contributed by atoms with Crippen LogP contribution in [0.3, 0.4) is 0 Å². The highest BCUT2D eigenvalue weighted by Gasteiger charge is 2.17. The topological polar surface area (TPSA) is 83.8 Å². The fourth-order valence-electron chi connectivity index (χ4n) is 0.940. The van der Waals surface area contributed by atoms with Crippen molar-refractivity contribution in [3.8, 4) is 0 Å². The summed E-state index contributed by atoms with van der Waals surface area (Å²) < 4.78 is 4.86. The number of aliphatic hydroxyl groups excluding tert-OH is 1. The molecule has 0 aliphatic carbocycles. The van der Waals surface area contributed by atoms with Gasteiger partial charge >= 0.3 is 11.9 Å². The van der Waals surface area contributed by atoms with E-state index in [9.17, 15) is 9.59 Å². The van der Waals surface area contributed by atoms with E-state index in [0.29, 0.717) is 6.42 Å². The van der Waals surface area contributed by atoms with Gasteiger partial charge in [-0.3, -0.25) is 9.59 Å². The lowest BCUT2D eigenvalue weighted by Crippen LogP contribution is -2.19. The van der Waals surface area contributed by atoms with Crippen LogP contribution < -0.4 is 0 Å². The third-order valence-electron chi connectivity index (χ3n) is 2.05. The molecule has 0 aromatic heterocycles. The maximum absolute atomic E-state index is 11.2. The standard InChI is InChI=1S/C10H18O5/c1-7(6-11)3-4-15-10(14)8(2)5-9(12)13/h7-8,11H,3-6H2,1-2H3,(H,12,13). The number of rotatable bonds is 7. The van der Waals surface area contributed by atoms with Crippen LogP contribution in [-0.4, -0.2) is 35.4 Å². The van der Waals surface area contributed by atoms with Crippen molar-refractivity contribution in [2.24, 2.45) is 11.8 Å². The zero-order valence-corrected chi connectivity index (χ0v) is 9.10. The zero-order chi connectivity index (χ0) is 11.8. The Morgan fingerprint density at radius 2 is 1.93 bits per heavy atom. The number of ether oxygens (including phenoxy) is 1. The maximum Gasteiger partial charge on any atom is 0.309 e. The number of carboxylic acid groups (broad SMARTS) is 1. The second kappa shape index (κ2) is 7.23. The number of carbonyl (C=O) groups is 2. The van der Waals surface area contributed by atoms with Gasteiger partial charge in [0.05, 0.1) is 18.9 Å². The summed E-state index contributed by atoms with van der Waals surface area (Å²) in [5, 5.41) is 17.2. The lowest BCUT2D eigenvalue weighted by atomic mass is 10.1. The number of hydrogen-bond acceptors (Lipinski definition) is 4. The fraction of sp³-hybridized carbons (Fsp3) is 0.800. The molecule has 88 valence electrons. The van der Waals surface area contributed by atoms with E-state index in [-0.39, 0.29) is 25.6 Å². The van der Waals surface area contributed by atoms with E-state index in [4.69, 9.17) is 14.9 Å². The van der Waals surface area contributed by atoms with Gasteiger partial charge in [0.2, 0.25) is 0 Å². The van der Waals surface area contributed by atoms with Gasteiger partial charge in [-0.1, -0.05) is 13.8 Å². The van der Waals surface area contributed by atoms with Gasteiger partial charge in [0.15, 0.2) is 0 Å². The average Bonchev–Trinajstić information content (AvgIpc) is 2.16. The fourth-order valence-corrected chi connectivity index (χ4v) is 0.940. The summed E-state index contributed by atoms with van der Waals surface area (Å²) in [7, 11) is 0. The number of esters is 1. The third-order valence-corrected chi connectivity index (χ3v) is 2.05. The molecule has 5 nitrogen and oxygen atoms in total. The quantitative estimate of drug-likeness (QED) is 0.613. The first-order valence-electron chi connectivity index (χ1n) is 4.96. The zero-order valence-electron chi connectivity index (χ0n) is 9.10. The second-order valence-corrected chi connectivity index (χ2v) is 3.74. The molecule has 0 bridgehead atoms. The Morgan fingerprint density at radius 1 is 1.33 bits per heavy atom. The Kier molecular flexibility index (Phi) is 6.70. The number of carboxylic acids is 1. The second-order valence-electron chi connectivity index (χ2n) is 3.74. The van der Waals surface area contributed by atoms with Gasteiger partial charge in [-0.25, -0.2) is 0 Å². The van der Waals surface area contributed by atoms with Crippen molar-refractivity contribution >= 4 is 11.9 Å². The van der Waals surface area contributed by atoms with E-state index in [0.717, 1.165) is 0 Å². The van der Waals surface area contributed by atoms with E-state index < -0.39 is 17.9 Å². The van der Waals surface area contributed by atoms with Crippen LogP contribution in [0, 0.1) is 11.8 Å². The number of hydrogen-bond donors (Lipinski definition) is 2. The molecule has 0 aromatic rings. The molecular formula is C10H18O5. The molecule has 0 saturated carbocycles. The molecule has 0 saturated heterocycles. The van der Waals surface area contributed by atoms with Crippen LogP contribution >= 0.6 is 0 Å². The Morgan fingerprint density at radius 3 is 2.40 bits per heavy atom. The highest BCUT2D eigenvalue weighted by atomic mass is 16.5. The smallest absolute Gasteiger partial charge is 0.309 e. The van der Waals surface area contributed by atoms with Gasteiger partial charge in [-0.2, -0.15) is 0 Å². The van der Waals surface area contributed by atoms with Crippen molar-refractivity contribution in [1.29, 1.82) is 0 Å². The van der Waals surface area contributed by atoms with Crippen molar-refractivity contribution in [2.45, 2.75) is 26.7 Å². The van der Waals surface area contributed by atoms with Crippen molar-refractivity contribution in [3.63, 3.8) is 0 Å². The van der Waals surface area contributed by atoms with Crippen LogP contribution in [0.1, 0.15) is 26.7 Å². The maximum atomic E-state index is 11.2. The van der Waals surface area contributed by atoms with Crippen molar-refractivity contribution in [2.75, 3.05) is 13.2 Å². The van der Waals surface area contributed by atoms with Gasteiger partial charge in [0, 0.05) is 6.61 Å². The van der Waals surface area contributed by atoms with Crippen molar-refractivity contribution in [1.82, 2.24) is 0 Å². The van der Waals surface area contributed by atoms with Crippen molar-refractivity contribution < 1.29 is 24.5 Å². The van der Waals surface area contributed by atoms with Gasteiger partial charge < -0.3 is 14.9 Å². The molecule has 0 amide bonds. The molecule has 0 fully saturated rings. The van der Waals surface area contributed by atoms with Gasteiger partial charge in [-0.05, 0) is 12.3 Å². The lowest BCUT2D eigenvalue weighted by Gasteiger charge is -2.11. The minimum absolute atomic E-state index is 0.0578. The van der Waals surface area contributed by atoms with E-state index in [1.165, 1.54) is 6.92 Å². The van der Waals surface area contributed by atoms with E-state index in [1.807, 2.05) is 6.92 Å². The Hall–Kier alpha value is -1.10. The molecule has 5 heteroatoms. The molecule has 0 heterocycles. The molecular weight excluding hydrogens is 200 g/mol. The highest BCUT2D eigenvalue weighted by Crippen LogP contribution is 2.06.